The molecule has 2 aliphatic heterocycles. The first-order chi connectivity index (χ1) is 19.2. The number of aromatic nitrogens is 3. The average molecular weight is 556 g/mol. The maximum atomic E-state index is 13.7. The number of rotatable bonds is 5. The molecule has 40 heavy (non-hydrogen) atoms. The number of para-hydroxylation sites is 1. The number of fused-ring (bicyclic) bond motifs is 2. The summed E-state index contributed by atoms with van der Waals surface area (Å²) in [7, 11) is -0.354. The zero-order chi connectivity index (χ0) is 28.0. The maximum Gasteiger partial charge on any atom is 0.269 e. The van der Waals surface area contributed by atoms with E-state index in [0.717, 1.165) is 36.4 Å². The Morgan fingerprint density at radius 2 is 1.82 bits per heavy atom. The Kier molecular flexibility index (Phi) is 6.44. The first kappa shape index (κ1) is 25.9. The van der Waals surface area contributed by atoms with Crippen molar-refractivity contribution in [1.82, 2.24) is 19.4 Å². The fourth-order valence-corrected chi connectivity index (χ4v) is 7.12. The van der Waals surface area contributed by atoms with Gasteiger partial charge in [-0.15, -0.1) is 6.42 Å². The Morgan fingerprint density at radius 3 is 2.55 bits per heavy atom. The lowest BCUT2D eigenvalue weighted by Gasteiger charge is -2.34. The smallest absolute Gasteiger partial charge is 0.269 e. The summed E-state index contributed by atoms with van der Waals surface area (Å²) in [5.74, 6) is 2.62. The number of pyridine rings is 1. The van der Waals surface area contributed by atoms with Crippen molar-refractivity contribution >= 4 is 44.1 Å². The van der Waals surface area contributed by atoms with Gasteiger partial charge in [-0.2, -0.15) is 4.98 Å². The topological polar surface area (TPSA) is 112 Å². The normalized spacial score (nSPS) is 20.2. The maximum absolute atomic E-state index is 13.7. The van der Waals surface area contributed by atoms with Gasteiger partial charge in [-0.3, -0.25) is 13.7 Å². The van der Waals surface area contributed by atoms with Crippen LogP contribution in [0, 0.1) is 12.3 Å². The number of nitrogens with one attached hydrogen (secondary N) is 2. The summed E-state index contributed by atoms with van der Waals surface area (Å²) in [5.41, 5.74) is 2.81. The van der Waals surface area contributed by atoms with E-state index in [1.54, 1.807) is 18.3 Å². The van der Waals surface area contributed by atoms with Gasteiger partial charge in [0.15, 0.2) is 5.37 Å². The fraction of sp³-hybridized carbons (Fsp3) is 0.276. The lowest BCUT2D eigenvalue weighted by Crippen LogP contribution is -2.43. The Hall–Kier alpha value is -4.40. The molecule has 0 aliphatic carbocycles. The molecular formula is C29H29N7O3S. The molecule has 2 aromatic carbocycles. The van der Waals surface area contributed by atoms with Gasteiger partial charge < -0.3 is 15.5 Å². The molecule has 0 radical (unpaired) electrons. The molecule has 2 unspecified atom stereocenters. The van der Waals surface area contributed by atoms with Crippen LogP contribution in [0.25, 0.3) is 11.0 Å². The molecule has 2 N–H and O–H groups in total. The van der Waals surface area contributed by atoms with E-state index < -0.39 is 21.0 Å². The average Bonchev–Trinajstić information content (AvgIpc) is 3.36. The van der Waals surface area contributed by atoms with E-state index in [-0.39, 0.29) is 23.6 Å². The van der Waals surface area contributed by atoms with Crippen LogP contribution in [0.15, 0.2) is 65.6 Å². The molecule has 4 aromatic rings. The van der Waals surface area contributed by atoms with Crippen molar-refractivity contribution in [2.45, 2.75) is 24.3 Å². The van der Waals surface area contributed by atoms with E-state index in [1.165, 1.54) is 22.0 Å². The predicted octanol–water partition coefficient (Wildman–Crippen LogP) is 3.15. The van der Waals surface area contributed by atoms with Crippen LogP contribution < -0.4 is 20.5 Å². The van der Waals surface area contributed by atoms with Gasteiger partial charge in [-0.05, 0) is 62.0 Å². The lowest BCUT2D eigenvalue weighted by molar-refractivity contribution is 0.414. The van der Waals surface area contributed by atoms with Gasteiger partial charge in [-0.25, -0.2) is 13.4 Å². The van der Waals surface area contributed by atoms with Gasteiger partial charge in [0.05, 0.1) is 11.3 Å². The lowest BCUT2D eigenvalue weighted by atomic mass is 10.1. The molecule has 6 rings (SSSR count). The Balaban J connectivity index is 1.37. The van der Waals surface area contributed by atoms with Gasteiger partial charge in [0, 0.05) is 49.0 Å². The minimum atomic E-state index is -3.96. The molecule has 11 heteroatoms. The molecule has 4 heterocycles. The van der Waals surface area contributed by atoms with Crippen LogP contribution in [0.2, 0.25) is 0 Å². The highest BCUT2D eigenvalue weighted by atomic mass is 32.2. The molecule has 0 amide bonds. The fourth-order valence-electron chi connectivity index (χ4n) is 5.45. The Morgan fingerprint density at radius 1 is 1.07 bits per heavy atom. The molecule has 1 fully saturated rings. The van der Waals surface area contributed by atoms with E-state index in [9.17, 15) is 13.2 Å². The van der Waals surface area contributed by atoms with E-state index in [0.29, 0.717) is 17.1 Å². The molecule has 0 bridgehead atoms. The van der Waals surface area contributed by atoms with E-state index in [4.69, 9.17) is 6.42 Å². The highest BCUT2D eigenvalue weighted by Crippen LogP contribution is 2.37. The molecule has 0 spiro atoms. The SMILES string of the molecule is C#Cc1cc2cnc(Nc3ccc(NC4CCN(C)C4)cc3)nc2n(C2Cc3ccccc3N(C)S2(=O)=O)c1=O. The van der Waals surface area contributed by atoms with Crippen LogP contribution in [-0.2, 0) is 16.4 Å². The summed E-state index contributed by atoms with van der Waals surface area (Å²) in [6, 6.07) is 17.0. The van der Waals surface area contributed by atoms with Crippen molar-refractivity contribution in [1.29, 1.82) is 0 Å². The highest BCUT2D eigenvalue weighted by Gasteiger charge is 2.39. The van der Waals surface area contributed by atoms with Crippen molar-refractivity contribution in [2.75, 3.05) is 42.1 Å². The molecule has 10 nitrogen and oxygen atoms in total. The van der Waals surface area contributed by atoms with Crippen molar-refractivity contribution in [3.8, 4) is 12.3 Å². The first-order valence-electron chi connectivity index (χ1n) is 13.0. The van der Waals surface area contributed by atoms with Crippen molar-refractivity contribution in [3.05, 3.63) is 82.3 Å². The summed E-state index contributed by atoms with van der Waals surface area (Å²) < 4.78 is 29.8. The summed E-state index contributed by atoms with van der Waals surface area (Å²) in [6.45, 7) is 2.08. The standard InChI is InChI=1S/C29H29N7O3S/c1-4-19-15-21-17-30-29(32-23-11-9-22(10-12-23)31-24-13-14-34(2)18-24)33-27(21)36(28(19)37)26-16-20-7-5-6-8-25(20)35(3)40(26,38)39/h1,5-12,15,17,24,26,31H,13-14,16,18H2,2-3H3,(H,30,32,33). The highest BCUT2D eigenvalue weighted by molar-refractivity contribution is 7.92. The summed E-state index contributed by atoms with van der Waals surface area (Å²) in [4.78, 5) is 24.9. The predicted molar refractivity (Wildman–Crippen MR) is 157 cm³/mol. The van der Waals surface area contributed by atoms with Crippen LogP contribution in [0.1, 0.15) is 22.9 Å². The summed E-state index contributed by atoms with van der Waals surface area (Å²) in [6.07, 6.45) is 8.37. The minimum absolute atomic E-state index is 0.0464. The number of nitrogens with zero attached hydrogens (tertiary/aromatic N) is 5. The molecule has 204 valence electrons. The zero-order valence-corrected chi connectivity index (χ0v) is 23.0. The number of benzene rings is 2. The molecule has 0 saturated carbocycles. The molecule has 2 aliphatic rings. The molecule has 1 saturated heterocycles. The van der Waals surface area contributed by atoms with Crippen molar-refractivity contribution in [3.63, 3.8) is 0 Å². The van der Waals surface area contributed by atoms with Gasteiger partial charge >= 0.3 is 0 Å². The molecule has 2 atom stereocenters. The second kappa shape index (κ2) is 9.97. The first-order valence-corrected chi connectivity index (χ1v) is 14.5. The summed E-state index contributed by atoms with van der Waals surface area (Å²) in [5, 5.41) is 5.97. The Labute approximate surface area is 232 Å². The quantitative estimate of drug-likeness (QED) is 0.361. The number of hydrogen-bond acceptors (Lipinski definition) is 8. The minimum Gasteiger partial charge on any atom is -0.381 e. The van der Waals surface area contributed by atoms with Gasteiger partial charge in [0.25, 0.3) is 15.6 Å². The summed E-state index contributed by atoms with van der Waals surface area (Å²) >= 11 is 0. The zero-order valence-electron chi connectivity index (χ0n) is 22.2. The largest absolute Gasteiger partial charge is 0.381 e. The number of likely N-dealkylation sites (N-methyl/N-ethyl adjacent to an activating group) is 1. The van der Waals surface area contributed by atoms with E-state index in [2.05, 4.69) is 38.5 Å². The van der Waals surface area contributed by atoms with Gasteiger partial charge in [0.1, 0.15) is 5.65 Å². The monoisotopic (exact) mass is 555 g/mol. The number of sulfonamides is 1. The number of terminal acetylenes is 1. The van der Waals surface area contributed by atoms with Crippen molar-refractivity contribution < 1.29 is 8.42 Å². The van der Waals surface area contributed by atoms with Crippen molar-refractivity contribution in [2.24, 2.45) is 0 Å². The van der Waals surface area contributed by atoms with E-state index in [1.807, 2.05) is 36.4 Å². The Bertz CT molecular complexity index is 1810. The van der Waals surface area contributed by atoms with Gasteiger partial charge in [-0.1, -0.05) is 24.1 Å². The second-order valence-electron chi connectivity index (χ2n) is 10.2. The third kappa shape index (κ3) is 4.55. The number of likely N-dealkylation sites (tertiary alicyclic amines) is 1. The second-order valence-corrected chi connectivity index (χ2v) is 12.4. The van der Waals surface area contributed by atoms with Crippen LogP contribution in [-0.4, -0.2) is 61.1 Å². The number of anilines is 4. The van der Waals surface area contributed by atoms with Crippen LogP contribution >= 0.6 is 0 Å². The third-order valence-electron chi connectivity index (χ3n) is 7.57. The van der Waals surface area contributed by atoms with E-state index >= 15 is 0 Å². The van der Waals surface area contributed by atoms with Crippen LogP contribution in [0.3, 0.4) is 0 Å². The molecule has 2 aromatic heterocycles. The molecular weight excluding hydrogens is 526 g/mol. The van der Waals surface area contributed by atoms with Gasteiger partial charge in [0.2, 0.25) is 5.95 Å². The third-order valence-corrected chi connectivity index (χ3v) is 9.60. The van der Waals surface area contributed by atoms with Crippen LogP contribution in [0.4, 0.5) is 23.0 Å². The van der Waals surface area contributed by atoms with Crippen LogP contribution in [0.5, 0.6) is 0 Å². The number of hydrogen-bond donors (Lipinski definition) is 2.